The molecule has 0 spiro atoms. The molecule has 0 saturated heterocycles. The van der Waals surface area contributed by atoms with Crippen molar-refractivity contribution in [1.82, 2.24) is 9.97 Å². The van der Waals surface area contributed by atoms with Crippen molar-refractivity contribution in [3.05, 3.63) is 120 Å². The van der Waals surface area contributed by atoms with Gasteiger partial charge in [0.2, 0.25) is 0 Å². The molecule has 0 amide bonds. The first-order valence-electron chi connectivity index (χ1n) is 14.1. The number of carbonyl (C=O) groups is 1. The van der Waals surface area contributed by atoms with Crippen molar-refractivity contribution < 1.29 is 19.4 Å². The summed E-state index contributed by atoms with van der Waals surface area (Å²) < 4.78 is 11.7. The van der Waals surface area contributed by atoms with Crippen LogP contribution in [0.25, 0.3) is 33.5 Å². The molecule has 0 radical (unpaired) electrons. The third-order valence-electron chi connectivity index (χ3n) is 7.06. The predicted octanol–water partition coefficient (Wildman–Crippen LogP) is 8.78. The van der Waals surface area contributed by atoms with Gasteiger partial charge < -0.3 is 19.9 Å². The van der Waals surface area contributed by atoms with Crippen LogP contribution in [-0.4, -0.2) is 28.0 Å². The van der Waals surface area contributed by atoms with Gasteiger partial charge in [0, 0.05) is 34.3 Å². The fourth-order valence-electron chi connectivity index (χ4n) is 5.15. The zero-order valence-electron chi connectivity index (χ0n) is 24.0. The van der Waals surface area contributed by atoms with E-state index in [1.807, 2.05) is 92.7 Å². The molecule has 0 aliphatic heterocycles. The third kappa shape index (κ3) is 5.02. The molecule has 0 unspecified atom stereocenters. The van der Waals surface area contributed by atoms with Crippen LogP contribution in [0.2, 0.25) is 0 Å². The zero-order chi connectivity index (χ0) is 29.9. The van der Waals surface area contributed by atoms with E-state index in [0.29, 0.717) is 67.6 Å². The van der Waals surface area contributed by atoms with Gasteiger partial charge in [-0.2, -0.15) is 0 Å². The Morgan fingerprint density at radius 3 is 2.09 bits per heavy atom. The molecule has 6 aromatic rings. The first-order valence-corrected chi connectivity index (χ1v) is 14.1. The minimum atomic E-state index is -0.133. The standard InChI is InChI=1S/C34H23N3O4.C2H6/c1-40-22-16-17-25(27(38)18-22)34-36-31-23-14-8-9-15-24(23)33(39)29-26(35-20-10-4-2-5-11-20)19-28(32(37-34)30(29)31)41-21-12-6-3-7-13-21;1-2/h2-19,35,38H,1H3;1-2H3. The highest BCUT2D eigenvalue weighted by Crippen LogP contribution is 2.47. The molecule has 0 bridgehead atoms. The average molecular weight is 568 g/mol. The smallest absolute Gasteiger partial charge is 0.196 e. The highest BCUT2D eigenvalue weighted by molar-refractivity contribution is 6.28. The number of hydrogen-bond acceptors (Lipinski definition) is 7. The van der Waals surface area contributed by atoms with Gasteiger partial charge in [-0.25, -0.2) is 9.97 Å². The summed E-state index contributed by atoms with van der Waals surface area (Å²) in [7, 11) is 1.54. The number of ether oxygens (including phenoxy) is 2. The number of fused-ring (bicyclic) bond motifs is 2. The topological polar surface area (TPSA) is 93.6 Å². The van der Waals surface area contributed by atoms with Gasteiger partial charge in [0.05, 0.1) is 29.6 Å². The summed E-state index contributed by atoms with van der Waals surface area (Å²) >= 11 is 0. The summed E-state index contributed by atoms with van der Waals surface area (Å²) in [6.45, 7) is 4.00. The number of anilines is 2. The van der Waals surface area contributed by atoms with Gasteiger partial charge in [0.25, 0.3) is 0 Å². The molecule has 212 valence electrons. The second-order valence-electron chi connectivity index (χ2n) is 9.58. The van der Waals surface area contributed by atoms with Gasteiger partial charge in [0.15, 0.2) is 17.4 Å². The minimum absolute atomic E-state index is 0.0239. The SMILES string of the molecule is CC.COc1ccc(-c2nc3c4c(c(Nc5ccccc5)cc(Oc5ccccc5)c4n2)C(=O)c2ccccc2-3)c(O)c1. The first-order chi connectivity index (χ1) is 21.1. The van der Waals surface area contributed by atoms with Crippen LogP contribution in [0.1, 0.15) is 29.8 Å². The number of methoxy groups -OCH3 is 1. The Labute approximate surface area is 249 Å². The molecule has 1 aromatic heterocycles. The molecule has 0 saturated carbocycles. The number of rotatable bonds is 6. The Kier molecular flexibility index (Phi) is 7.45. The maximum atomic E-state index is 14.1. The van der Waals surface area contributed by atoms with Gasteiger partial charge in [-0.15, -0.1) is 0 Å². The second kappa shape index (κ2) is 11.7. The van der Waals surface area contributed by atoms with Crippen LogP contribution < -0.4 is 14.8 Å². The Hall–Kier alpha value is -5.69. The van der Waals surface area contributed by atoms with Crippen molar-refractivity contribution >= 4 is 28.1 Å². The summed E-state index contributed by atoms with van der Waals surface area (Å²) in [6.07, 6.45) is 0. The van der Waals surface area contributed by atoms with Crippen molar-refractivity contribution in [3.8, 4) is 45.6 Å². The molecule has 7 nitrogen and oxygen atoms in total. The van der Waals surface area contributed by atoms with Crippen LogP contribution in [-0.2, 0) is 0 Å². The van der Waals surface area contributed by atoms with E-state index in [4.69, 9.17) is 19.4 Å². The maximum Gasteiger partial charge on any atom is 0.196 e. The van der Waals surface area contributed by atoms with E-state index in [9.17, 15) is 9.90 Å². The molecule has 0 atom stereocenters. The largest absolute Gasteiger partial charge is 0.507 e. The number of nitrogens with zero attached hydrogens (tertiary/aromatic N) is 2. The molecule has 7 heteroatoms. The fourth-order valence-corrected chi connectivity index (χ4v) is 5.15. The lowest BCUT2D eigenvalue weighted by Crippen LogP contribution is -2.15. The number of hydrogen-bond donors (Lipinski definition) is 2. The van der Waals surface area contributed by atoms with Gasteiger partial charge in [-0.05, 0) is 36.4 Å². The van der Waals surface area contributed by atoms with Crippen molar-refractivity contribution in [2.75, 3.05) is 12.4 Å². The molecule has 1 aliphatic carbocycles. The van der Waals surface area contributed by atoms with Crippen LogP contribution in [0.4, 0.5) is 11.4 Å². The van der Waals surface area contributed by atoms with E-state index in [0.717, 1.165) is 5.69 Å². The number of nitrogens with one attached hydrogen (secondary N) is 1. The lowest BCUT2D eigenvalue weighted by Gasteiger charge is -2.24. The molecule has 5 aromatic carbocycles. The number of aromatic hydroxyl groups is 1. The van der Waals surface area contributed by atoms with E-state index < -0.39 is 0 Å². The molecule has 1 heterocycles. The fraction of sp³-hybridized carbons (Fsp3) is 0.0833. The zero-order valence-corrected chi connectivity index (χ0v) is 24.0. The average Bonchev–Trinajstić information content (AvgIpc) is 3.06. The van der Waals surface area contributed by atoms with Gasteiger partial charge in [0.1, 0.15) is 22.8 Å². The number of phenolic OH excluding ortho intramolecular Hbond substituents is 1. The molecule has 1 aliphatic rings. The van der Waals surface area contributed by atoms with Crippen molar-refractivity contribution in [2.45, 2.75) is 13.8 Å². The number of para-hydroxylation sites is 2. The van der Waals surface area contributed by atoms with Gasteiger partial charge in [-0.3, -0.25) is 4.79 Å². The van der Waals surface area contributed by atoms with E-state index in [-0.39, 0.29) is 11.5 Å². The molecular weight excluding hydrogens is 538 g/mol. The Bertz CT molecular complexity index is 1960. The van der Waals surface area contributed by atoms with Crippen LogP contribution >= 0.6 is 0 Å². The first kappa shape index (κ1) is 27.5. The monoisotopic (exact) mass is 567 g/mol. The predicted molar refractivity (Wildman–Crippen MR) is 170 cm³/mol. The molecule has 2 N–H and O–H groups in total. The van der Waals surface area contributed by atoms with Crippen molar-refractivity contribution in [1.29, 1.82) is 0 Å². The number of aromatic nitrogens is 2. The van der Waals surface area contributed by atoms with E-state index in [2.05, 4.69) is 5.32 Å². The number of benzene rings is 5. The Balaban J connectivity index is 0.00000161. The molecular formula is C36H29N3O4. The van der Waals surface area contributed by atoms with Gasteiger partial charge in [-0.1, -0.05) is 74.5 Å². The summed E-state index contributed by atoms with van der Waals surface area (Å²) in [6, 6.07) is 33.2. The normalized spacial score (nSPS) is 11.3. The molecule has 43 heavy (non-hydrogen) atoms. The van der Waals surface area contributed by atoms with Crippen LogP contribution in [0, 0.1) is 0 Å². The molecule has 7 rings (SSSR count). The summed E-state index contributed by atoms with van der Waals surface area (Å²) in [5.41, 5.74) is 4.56. The summed E-state index contributed by atoms with van der Waals surface area (Å²) in [5, 5.41) is 14.9. The molecule has 0 fully saturated rings. The van der Waals surface area contributed by atoms with E-state index >= 15 is 0 Å². The van der Waals surface area contributed by atoms with Crippen molar-refractivity contribution in [2.24, 2.45) is 0 Å². The Morgan fingerprint density at radius 1 is 0.721 bits per heavy atom. The number of ketones is 1. The van der Waals surface area contributed by atoms with Crippen LogP contribution in [0.15, 0.2) is 109 Å². The summed E-state index contributed by atoms with van der Waals surface area (Å²) in [5.74, 6) is 1.71. The van der Waals surface area contributed by atoms with Crippen LogP contribution in [0.5, 0.6) is 23.0 Å². The third-order valence-corrected chi connectivity index (χ3v) is 7.06. The number of phenols is 1. The van der Waals surface area contributed by atoms with Crippen molar-refractivity contribution in [3.63, 3.8) is 0 Å². The highest BCUT2D eigenvalue weighted by atomic mass is 16.5. The maximum absolute atomic E-state index is 14.1. The number of carbonyl (C=O) groups excluding carboxylic acids is 1. The minimum Gasteiger partial charge on any atom is -0.507 e. The van der Waals surface area contributed by atoms with Gasteiger partial charge >= 0.3 is 0 Å². The Morgan fingerprint density at radius 2 is 1.40 bits per heavy atom. The lowest BCUT2D eigenvalue weighted by atomic mass is 9.85. The van der Waals surface area contributed by atoms with E-state index in [1.165, 1.54) is 13.2 Å². The highest BCUT2D eigenvalue weighted by Gasteiger charge is 2.32. The summed E-state index contributed by atoms with van der Waals surface area (Å²) in [4.78, 5) is 23.9. The van der Waals surface area contributed by atoms with E-state index in [1.54, 1.807) is 24.3 Å². The van der Waals surface area contributed by atoms with Crippen LogP contribution in [0.3, 0.4) is 0 Å². The quantitative estimate of drug-likeness (QED) is 0.207. The lowest BCUT2D eigenvalue weighted by molar-refractivity contribution is 0.104. The second-order valence-corrected chi connectivity index (χ2v) is 9.58.